The number of rotatable bonds is 17. The second-order valence-electron chi connectivity index (χ2n) is 12.4. The molecule has 0 fully saturated rings. The van der Waals surface area contributed by atoms with Gasteiger partial charge >= 0.3 is 0 Å². The van der Waals surface area contributed by atoms with Crippen LogP contribution in [0.25, 0.3) is 43.1 Å². The molecule has 216 valence electrons. The molecule has 0 bridgehead atoms. The number of hydrogen-bond donors (Lipinski definition) is 0. The number of fused-ring (bicyclic) bond motifs is 5. The molecular formula is C40H49Br. The molecule has 0 saturated heterocycles. The third-order valence-corrected chi connectivity index (χ3v) is 9.59. The van der Waals surface area contributed by atoms with Gasteiger partial charge in [-0.2, -0.15) is 0 Å². The SMILES string of the molecule is CCCCCCCCCCCCCCCCCCc1ccc2cc3c(ccc4cc5cc(Br)ccc5cc43)cc2c1. The average molecular weight is 610 g/mol. The van der Waals surface area contributed by atoms with Crippen LogP contribution in [0, 0.1) is 0 Å². The molecule has 0 aliphatic carbocycles. The van der Waals surface area contributed by atoms with Gasteiger partial charge in [-0.3, -0.25) is 0 Å². The maximum atomic E-state index is 3.62. The first-order valence-electron chi connectivity index (χ1n) is 16.7. The van der Waals surface area contributed by atoms with Crippen molar-refractivity contribution >= 4 is 59.0 Å². The van der Waals surface area contributed by atoms with Crippen molar-refractivity contribution in [2.24, 2.45) is 0 Å². The highest BCUT2D eigenvalue weighted by Crippen LogP contribution is 2.33. The largest absolute Gasteiger partial charge is 0.0654 e. The molecule has 0 unspecified atom stereocenters. The molecule has 0 nitrogen and oxygen atoms in total. The number of halogens is 1. The Kier molecular flexibility index (Phi) is 11.5. The van der Waals surface area contributed by atoms with Crippen LogP contribution in [-0.4, -0.2) is 0 Å². The maximum absolute atomic E-state index is 3.62. The van der Waals surface area contributed by atoms with Crippen molar-refractivity contribution in [3.8, 4) is 0 Å². The molecule has 0 amide bonds. The predicted molar refractivity (Wildman–Crippen MR) is 187 cm³/mol. The minimum atomic E-state index is 1.13. The van der Waals surface area contributed by atoms with Crippen molar-refractivity contribution in [1.82, 2.24) is 0 Å². The molecule has 0 aliphatic rings. The predicted octanol–water partition coefficient (Wildman–Crippen LogP) is 13.9. The molecule has 0 saturated carbocycles. The van der Waals surface area contributed by atoms with E-state index >= 15 is 0 Å². The summed E-state index contributed by atoms with van der Waals surface area (Å²) in [5.41, 5.74) is 1.49. The van der Waals surface area contributed by atoms with E-state index in [0.717, 1.165) is 4.47 Å². The monoisotopic (exact) mass is 608 g/mol. The minimum Gasteiger partial charge on any atom is -0.0654 e. The van der Waals surface area contributed by atoms with Gasteiger partial charge in [0.05, 0.1) is 0 Å². The normalized spacial score (nSPS) is 11.9. The van der Waals surface area contributed by atoms with Gasteiger partial charge in [-0.1, -0.05) is 156 Å². The molecule has 0 atom stereocenters. The number of benzene rings is 5. The second kappa shape index (κ2) is 15.7. The molecule has 0 aromatic heterocycles. The Morgan fingerprint density at radius 1 is 0.390 bits per heavy atom. The Hall–Kier alpha value is -2.38. The third-order valence-electron chi connectivity index (χ3n) is 9.10. The molecule has 5 rings (SSSR count). The fourth-order valence-corrected chi connectivity index (χ4v) is 6.98. The van der Waals surface area contributed by atoms with Crippen LogP contribution in [0.4, 0.5) is 0 Å². The first-order chi connectivity index (χ1) is 20.2. The van der Waals surface area contributed by atoms with Gasteiger partial charge < -0.3 is 0 Å². The molecule has 41 heavy (non-hydrogen) atoms. The summed E-state index contributed by atoms with van der Waals surface area (Å²) in [6, 6.07) is 27.7. The van der Waals surface area contributed by atoms with Gasteiger partial charge in [0.15, 0.2) is 0 Å². The van der Waals surface area contributed by atoms with E-state index in [-0.39, 0.29) is 0 Å². The Labute approximate surface area is 257 Å². The van der Waals surface area contributed by atoms with Gasteiger partial charge in [-0.25, -0.2) is 0 Å². The van der Waals surface area contributed by atoms with E-state index in [1.54, 1.807) is 0 Å². The van der Waals surface area contributed by atoms with Crippen LogP contribution in [0.15, 0.2) is 77.3 Å². The van der Waals surface area contributed by atoms with Crippen molar-refractivity contribution < 1.29 is 0 Å². The fraction of sp³-hybridized carbons (Fsp3) is 0.450. The molecule has 0 N–H and O–H groups in total. The van der Waals surface area contributed by atoms with E-state index in [1.807, 2.05) is 0 Å². The van der Waals surface area contributed by atoms with Crippen LogP contribution in [0.5, 0.6) is 0 Å². The first kappa shape index (κ1) is 30.1. The molecule has 5 aromatic carbocycles. The standard InChI is InChI=1S/C40H49Br/c1-2-3-4-5-6-7-8-9-10-11-12-13-14-15-16-17-18-31-19-20-32-29-39-34(26-36(32)25-31)21-22-35-27-37-28-38(41)24-23-33(37)30-40(35)39/h19-30H,2-18H2,1H3. The molecule has 0 radical (unpaired) electrons. The summed E-state index contributed by atoms with van der Waals surface area (Å²) in [6.07, 6.45) is 24.0. The maximum Gasteiger partial charge on any atom is 0.0181 e. The summed E-state index contributed by atoms with van der Waals surface area (Å²) < 4.78 is 1.13. The molecule has 1 heteroatoms. The van der Waals surface area contributed by atoms with E-state index in [4.69, 9.17) is 0 Å². The van der Waals surface area contributed by atoms with E-state index < -0.39 is 0 Å². The smallest absolute Gasteiger partial charge is 0.0181 e. The van der Waals surface area contributed by atoms with Gasteiger partial charge in [0.25, 0.3) is 0 Å². The summed E-state index contributed by atoms with van der Waals surface area (Å²) in [4.78, 5) is 0. The highest BCUT2D eigenvalue weighted by Gasteiger charge is 2.07. The molecule has 0 heterocycles. The Morgan fingerprint density at radius 3 is 1.37 bits per heavy atom. The zero-order valence-corrected chi connectivity index (χ0v) is 26.9. The van der Waals surface area contributed by atoms with Crippen LogP contribution in [0.1, 0.15) is 115 Å². The lowest BCUT2D eigenvalue weighted by Gasteiger charge is -2.10. The second-order valence-corrected chi connectivity index (χ2v) is 13.4. The number of aryl methyl sites for hydroxylation is 1. The van der Waals surface area contributed by atoms with Gasteiger partial charge in [0.2, 0.25) is 0 Å². The molecule has 0 spiro atoms. The van der Waals surface area contributed by atoms with Crippen molar-refractivity contribution in [2.75, 3.05) is 0 Å². The van der Waals surface area contributed by atoms with Crippen molar-refractivity contribution in [3.63, 3.8) is 0 Å². The summed E-state index contributed by atoms with van der Waals surface area (Å²) in [6.45, 7) is 2.30. The lowest BCUT2D eigenvalue weighted by molar-refractivity contribution is 0.529. The van der Waals surface area contributed by atoms with Crippen LogP contribution < -0.4 is 0 Å². The number of unbranched alkanes of at least 4 members (excludes halogenated alkanes) is 15. The minimum absolute atomic E-state index is 1.13. The number of hydrogen-bond acceptors (Lipinski definition) is 0. The highest BCUT2D eigenvalue weighted by atomic mass is 79.9. The summed E-state index contributed by atoms with van der Waals surface area (Å²) in [7, 11) is 0. The molecule has 0 aliphatic heterocycles. The van der Waals surface area contributed by atoms with Gasteiger partial charge in [0, 0.05) is 4.47 Å². The van der Waals surface area contributed by atoms with Crippen LogP contribution in [0.3, 0.4) is 0 Å². The van der Waals surface area contributed by atoms with Gasteiger partial charge in [-0.05, 0) is 97.9 Å². The van der Waals surface area contributed by atoms with E-state index in [1.165, 1.54) is 158 Å². The fourth-order valence-electron chi connectivity index (χ4n) is 6.61. The van der Waals surface area contributed by atoms with Crippen LogP contribution >= 0.6 is 15.9 Å². The van der Waals surface area contributed by atoms with Crippen LogP contribution in [-0.2, 0) is 6.42 Å². The Balaban J connectivity index is 1.04. The first-order valence-corrected chi connectivity index (χ1v) is 17.5. The summed E-state index contributed by atoms with van der Waals surface area (Å²) in [5, 5.41) is 10.6. The summed E-state index contributed by atoms with van der Waals surface area (Å²) in [5.74, 6) is 0. The van der Waals surface area contributed by atoms with Gasteiger partial charge in [0.1, 0.15) is 0 Å². The van der Waals surface area contributed by atoms with E-state index in [9.17, 15) is 0 Å². The van der Waals surface area contributed by atoms with E-state index in [2.05, 4.69) is 95.7 Å². The van der Waals surface area contributed by atoms with Crippen molar-refractivity contribution in [1.29, 1.82) is 0 Å². The molecule has 5 aromatic rings. The quantitative estimate of drug-likeness (QED) is 0.0559. The Morgan fingerprint density at radius 2 is 0.829 bits per heavy atom. The lowest BCUT2D eigenvalue weighted by Crippen LogP contribution is -1.88. The summed E-state index contributed by atoms with van der Waals surface area (Å²) >= 11 is 3.62. The van der Waals surface area contributed by atoms with E-state index in [0.29, 0.717) is 0 Å². The van der Waals surface area contributed by atoms with Crippen molar-refractivity contribution in [2.45, 2.75) is 116 Å². The Bertz CT molecular complexity index is 1550. The lowest BCUT2D eigenvalue weighted by atomic mass is 9.95. The highest BCUT2D eigenvalue weighted by molar-refractivity contribution is 9.10. The topological polar surface area (TPSA) is 0 Å². The van der Waals surface area contributed by atoms with Gasteiger partial charge in [-0.15, -0.1) is 0 Å². The van der Waals surface area contributed by atoms with Crippen LogP contribution in [0.2, 0.25) is 0 Å². The zero-order valence-electron chi connectivity index (χ0n) is 25.3. The third kappa shape index (κ3) is 8.57. The average Bonchev–Trinajstić information content (AvgIpc) is 2.99. The molecular weight excluding hydrogens is 560 g/mol. The van der Waals surface area contributed by atoms with Crippen molar-refractivity contribution in [3.05, 3.63) is 82.8 Å². The zero-order chi connectivity index (χ0) is 28.3.